The summed E-state index contributed by atoms with van der Waals surface area (Å²) in [5.41, 5.74) is 6.61. The molecular formula is C28H25N5O3. The van der Waals surface area contributed by atoms with Gasteiger partial charge in [0.2, 0.25) is 5.91 Å². The second-order valence-corrected chi connectivity index (χ2v) is 9.35. The molecule has 3 amide bonds. The van der Waals surface area contributed by atoms with E-state index in [0.717, 1.165) is 16.9 Å². The highest BCUT2D eigenvalue weighted by Crippen LogP contribution is 2.33. The first-order valence-electron chi connectivity index (χ1n) is 12.0. The van der Waals surface area contributed by atoms with Crippen molar-refractivity contribution in [1.82, 2.24) is 20.0 Å². The Bertz CT molecular complexity index is 1470. The molecule has 2 aliphatic heterocycles. The summed E-state index contributed by atoms with van der Waals surface area (Å²) >= 11 is 0. The van der Waals surface area contributed by atoms with E-state index in [1.54, 1.807) is 24.4 Å². The van der Waals surface area contributed by atoms with Crippen LogP contribution in [0.2, 0.25) is 0 Å². The molecule has 3 aliphatic rings. The third kappa shape index (κ3) is 3.71. The van der Waals surface area contributed by atoms with Gasteiger partial charge in [0, 0.05) is 29.7 Å². The maximum absolute atomic E-state index is 13.3. The van der Waals surface area contributed by atoms with Crippen LogP contribution in [0.1, 0.15) is 50.2 Å². The molecule has 3 aromatic rings. The predicted octanol–water partition coefficient (Wildman–Crippen LogP) is 3.52. The Hall–Kier alpha value is -4.46. The highest BCUT2D eigenvalue weighted by Gasteiger charge is 2.45. The Morgan fingerprint density at radius 1 is 1.06 bits per heavy atom. The Balaban J connectivity index is 1.16. The SMILES string of the molecule is C=C1CCC(N2C(=O)c3cccc(NCc4cnn(CC5=CCc6ccccc65)c4)c3C2=O)C(=O)N1. The number of amides is 3. The fourth-order valence-electron chi connectivity index (χ4n) is 5.20. The molecule has 1 aromatic heterocycles. The fourth-order valence-corrected chi connectivity index (χ4v) is 5.20. The largest absolute Gasteiger partial charge is 0.380 e. The van der Waals surface area contributed by atoms with Crippen molar-refractivity contribution in [2.45, 2.75) is 38.4 Å². The lowest BCUT2D eigenvalue weighted by atomic mass is 10.0. The number of fused-ring (bicyclic) bond motifs is 2. The van der Waals surface area contributed by atoms with Gasteiger partial charge in [-0.1, -0.05) is 43.0 Å². The van der Waals surface area contributed by atoms with Gasteiger partial charge in [0.1, 0.15) is 6.04 Å². The molecule has 0 radical (unpaired) electrons. The Kier molecular flexibility index (Phi) is 5.29. The number of hydrogen-bond acceptors (Lipinski definition) is 5. The molecule has 0 bridgehead atoms. The molecule has 1 saturated heterocycles. The zero-order valence-electron chi connectivity index (χ0n) is 19.7. The third-order valence-corrected chi connectivity index (χ3v) is 7.01. The number of imide groups is 1. The number of nitrogens with one attached hydrogen (secondary N) is 2. The predicted molar refractivity (Wildman–Crippen MR) is 135 cm³/mol. The third-order valence-electron chi connectivity index (χ3n) is 7.01. The minimum atomic E-state index is -0.830. The summed E-state index contributed by atoms with van der Waals surface area (Å²) < 4.78 is 1.91. The van der Waals surface area contributed by atoms with E-state index in [9.17, 15) is 14.4 Å². The summed E-state index contributed by atoms with van der Waals surface area (Å²) in [5.74, 6) is -1.26. The van der Waals surface area contributed by atoms with Gasteiger partial charge in [-0.25, -0.2) is 0 Å². The van der Waals surface area contributed by atoms with Crippen LogP contribution in [0, 0.1) is 0 Å². The zero-order valence-corrected chi connectivity index (χ0v) is 19.7. The summed E-state index contributed by atoms with van der Waals surface area (Å²) in [6, 6.07) is 12.7. The van der Waals surface area contributed by atoms with Gasteiger partial charge >= 0.3 is 0 Å². The molecule has 6 rings (SSSR count). The summed E-state index contributed by atoms with van der Waals surface area (Å²) in [6.45, 7) is 4.90. The lowest BCUT2D eigenvalue weighted by Gasteiger charge is -2.29. The summed E-state index contributed by atoms with van der Waals surface area (Å²) in [4.78, 5) is 39.9. The summed E-state index contributed by atoms with van der Waals surface area (Å²) in [7, 11) is 0. The normalized spacial score (nSPS) is 18.7. The molecule has 0 spiro atoms. The number of nitrogens with zero attached hydrogens (tertiary/aromatic N) is 3. The van der Waals surface area contributed by atoms with Gasteiger partial charge in [0.05, 0.1) is 23.9 Å². The van der Waals surface area contributed by atoms with Gasteiger partial charge < -0.3 is 10.6 Å². The topological polar surface area (TPSA) is 96.3 Å². The average Bonchev–Trinajstić information content (AvgIpc) is 3.56. The second kappa shape index (κ2) is 8.64. The van der Waals surface area contributed by atoms with Crippen LogP contribution in [0.4, 0.5) is 5.69 Å². The van der Waals surface area contributed by atoms with Crippen molar-refractivity contribution >= 4 is 29.0 Å². The second-order valence-electron chi connectivity index (χ2n) is 9.35. The highest BCUT2D eigenvalue weighted by molar-refractivity contribution is 6.25. The molecule has 3 heterocycles. The minimum Gasteiger partial charge on any atom is -0.380 e. The van der Waals surface area contributed by atoms with Crippen LogP contribution in [0.25, 0.3) is 5.57 Å². The van der Waals surface area contributed by atoms with E-state index < -0.39 is 17.9 Å². The van der Waals surface area contributed by atoms with Crippen LogP contribution in [-0.4, -0.2) is 38.4 Å². The first-order chi connectivity index (χ1) is 17.5. The number of benzene rings is 2. The number of anilines is 1. The first-order valence-corrected chi connectivity index (χ1v) is 12.0. The van der Waals surface area contributed by atoms with Gasteiger partial charge in [-0.3, -0.25) is 24.0 Å². The highest BCUT2D eigenvalue weighted by atomic mass is 16.2. The summed E-state index contributed by atoms with van der Waals surface area (Å²) in [5, 5.41) is 10.5. The number of rotatable bonds is 6. The first kappa shape index (κ1) is 22.0. The molecule has 0 saturated carbocycles. The van der Waals surface area contributed by atoms with Crippen molar-refractivity contribution in [3.8, 4) is 0 Å². The van der Waals surface area contributed by atoms with Crippen molar-refractivity contribution in [1.29, 1.82) is 0 Å². The van der Waals surface area contributed by atoms with E-state index >= 15 is 0 Å². The molecule has 1 aliphatic carbocycles. The maximum atomic E-state index is 13.3. The Morgan fingerprint density at radius 2 is 1.89 bits per heavy atom. The maximum Gasteiger partial charge on any atom is 0.264 e. The molecule has 180 valence electrons. The molecule has 1 unspecified atom stereocenters. The van der Waals surface area contributed by atoms with E-state index in [4.69, 9.17) is 0 Å². The quantitative estimate of drug-likeness (QED) is 0.528. The number of allylic oxidation sites excluding steroid dienone is 3. The molecular weight excluding hydrogens is 454 g/mol. The van der Waals surface area contributed by atoms with Crippen molar-refractivity contribution in [2.24, 2.45) is 0 Å². The van der Waals surface area contributed by atoms with Crippen molar-refractivity contribution < 1.29 is 14.4 Å². The number of piperidine rings is 1. The van der Waals surface area contributed by atoms with Crippen LogP contribution < -0.4 is 10.6 Å². The van der Waals surface area contributed by atoms with Crippen LogP contribution in [-0.2, 0) is 24.3 Å². The molecule has 1 atom stereocenters. The molecule has 8 heteroatoms. The van der Waals surface area contributed by atoms with Gasteiger partial charge in [-0.15, -0.1) is 0 Å². The van der Waals surface area contributed by atoms with Crippen LogP contribution >= 0.6 is 0 Å². The van der Waals surface area contributed by atoms with Crippen molar-refractivity contribution in [3.63, 3.8) is 0 Å². The minimum absolute atomic E-state index is 0.305. The molecule has 2 N–H and O–H groups in total. The van der Waals surface area contributed by atoms with Crippen molar-refractivity contribution in [3.05, 3.63) is 101 Å². The smallest absolute Gasteiger partial charge is 0.264 e. The number of hydrogen-bond donors (Lipinski definition) is 2. The van der Waals surface area contributed by atoms with E-state index in [0.29, 0.717) is 48.4 Å². The van der Waals surface area contributed by atoms with Gasteiger partial charge in [-0.05, 0) is 48.1 Å². The van der Waals surface area contributed by atoms with Gasteiger partial charge in [0.15, 0.2) is 0 Å². The lowest BCUT2D eigenvalue weighted by molar-refractivity contribution is -0.125. The van der Waals surface area contributed by atoms with Crippen LogP contribution in [0.5, 0.6) is 0 Å². The Labute approximate surface area is 208 Å². The number of carbonyl (C=O) groups is 3. The number of aromatic nitrogens is 2. The summed E-state index contributed by atoms with van der Waals surface area (Å²) in [6.07, 6.45) is 7.88. The van der Waals surface area contributed by atoms with Crippen LogP contribution in [0.3, 0.4) is 0 Å². The average molecular weight is 480 g/mol. The number of carbonyl (C=O) groups excluding carboxylic acids is 3. The van der Waals surface area contributed by atoms with E-state index in [2.05, 4.69) is 52.7 Å². The van der Waals surface area contributed by atoms with E-state index in [-0.39, 0.29) is 5.91 Å². The Morgan fingerprint density at radius 3 is 2.75 bits per heavy atom. The van der Waals surface area contributed by atoms with Crippen molar-refractivity contribution in [2.75, 3.05) is 5.32 Å². The van der Waals surface area contributed by atoms with Gasteiger partial charge in [-0.2, -0.15) is 5.10 Å². The lowest BCUT2D eigenvalue weighted by Crippen LogP contribution is -2.51. The molecule has 36 heavy (non-hydrogen) atoms. The molecule has 2 aromatic carbocycles. The van der Waals surface area contributed by atoms with Crippen LogP contribution in [0.15, 0.2) is 73.2 Å². The molecule has 1 fully saturated rings. The van der Waals surface area contributed by atoms with E-state index in [1.807, 2.05) is 10.9 Å². The van der Waals surface area contributed by atoms with Gasteiger partial charge in [0.25, 0.3) is 11.8 Å². The monoisotopic (exact) mass is 479 g/mol. The molecule has 8 nitrogen and oxygen atoms in total. The van der Waals surface area contributed by atoms with E-state index in [1.165, 1.54) is 16.7 Å². The standard InChI is InChI=1S/C28H25N5O3/c1-17-9-12-24(26(34)31-17)33-27(35)22-7-4-8-23(25(22)28(33)36)29-13-18-14-30-32(15-18)16-20-11-10-19-5-2-3-6-21(19)20/h2-8,11,14-15,24,29H,1,9-10,12-13,16H2,(H,31,34). The zero-order chi connectivity index (χ0) is 24.8. The fraction of sp³-hybridized carbons (Fsp3) is 0.214.